The van der Waals surface area contributed by atoms with Gasteiger partial charge in [0.15, 0.2) is 0 Å². The summed E-state index contributed by atoms with van der Waals surface area (Å²) in [5.41, 5.74) is 0.154. The largest absolute Gasteiger partial charge is 0.492 e. The van der Waals surface area contributed by atoms with Crippen molar-refractivity contribution in [3.8, 4) is 11.9 Å². The van der Waals surface area contributed by atoms with Crippen LogP contribution in [0.25, 0.3) is 5.57 Å². The molecule has 5 aromatic rings. The lowest BCUT2D eigenvalue weighted by molar-refractivity contribution is -0.112. The maximum Gasteiger partial charge on any atom is 0.279 e. The molecule has 0 saturated carbocycles. The average molecular weight is 598 g/mol. The molecule has 0 radical (unpaired) electrons. The zero-order valence-electron chi connectivity index (χ0n) is 20.6. The number of aromatic hydroxyl groups is 1. The Labute approximate surface area is 243 Å². The molecule has 1 aromatic heterocycles. The molecule has 1 N–H and O–H groups in total. The van der Waals surface area contributed by atoms with E-state index in [0.29, 0.717) is 25.9 Å². The maximum absolute atomic E-state index is 13.1. The molecule has 0 atom stereocenters. The number of hydrogen-bond acceptors (Lipinski definition) is 5. The van der Waals surface area contributed by atoms with Crippen molar-refractivity contribution >= 4 is 74.1 Å². The van der Waals surface area contributed by atoms with E-state index in [9.17, 15) is 15.2 Å². The molecule has 0 unspecified atom stereocenters. The molecule has 40 heavy (non-hydrogen) atoms. The average Bonchev–Trinajstić information content (AvgIpc) is 3.51. The molecule has 0 saturated heterocycles. The molecule has 2 heterocycles. The fourth-order valence-electron chi connectivity index (χ4n) is 4.99. The number of thiazole rings is 1. The second kappa shape index (κ2) is 10.5. The molecule has 4 aromatic carbocycles. The fraction of sp³-hybridized carbons (Fsp3) is 0. The first-order chi connectivity index (χ1) is 19.4. The zero-order valence-corrected chi connectivity index (χ0v) is 23.8. The van der Waals surface area contributed by atoms with Crippen molar-refractivity contribution in [3.05, 3.63) is 134 Å². The van der Waals surface area contributed by atoms with E-state index in [1.54, 1.807) is 6.07 Å². The lowest BCUT2D eigenvalue weighted by atomic mass is 10.1. The summed E-state index contributed by atoms with van der Waals surface area (Å²) < 4.78 is 0. The molecule has 1 aliphatic heterocycles. The molecule has 6 rings (SSSR count). The Balaban J connectivity index is 1.75. The Morgan fingerprint density at radius 1 is 0.850 bits per heavy atom. The number of carbonyl (C=O) groups is 1. The highest BCUT2D eigenvalue weighted by molar-refractivity contribution is 7.96. The highest BCUT2D eigenvalue weighted by Crippen LogP contribution is 2.48. The number of carbonyl (C=O) groups excluding carboxylic acids is 1. The topological polar surface area (TPSA) is 86.3 Å². The van der Waals surface area contributed by atoms with E-state index in [0.717, 1.165) is 27.3 Å². The van der Waals surface area contributed by atoms with Gasteiger partial charge in [-0.3, -0.25) is 4.79 Å². The summed E-state index contributed by atoms with van der Waals surface area (Å²) in [4.78, 5) is 21.8. The first-order valence-electron chi connectivity index (χ1n) is 12.1. The van der Waals surface area contributed by atoms with Gasteiger partial charge in [0.2, 0.25) is 5.88 Å². The number of amides is 1. The van der Waals surface area contributed by atoms with Crippen LogP contribution in [0.3, 0.4) is 0 Å². The summed E-state index contributed by atoms with van der Waals surface area (Å²) in [6.07, 6.45) is 0. The molecule has 9 heteroatoms. The van der Waals surface area contributed by atoms with E-state index in [1.165, 1.54) is 6.07 Å². The number of nitrogens with zero attached hydrogens (tertiary/aromatic N) is 3. The quantitative estimate of drug-likeness (QED) is 0.301. The van der Waals surface area contributed by atoms with Gasteiger partial charge in [-0.1, -0.05) is 114 Å². The minimum atomic E-state index is -2.79. The molecule has 1 aliphatic rings. The molecule has 0 fully saturated rings. The SMILES string of the molecule is N#CC(c1nc(O)c(C2=c3cc(Cl)cc(Cl)c3=NC2=O)s1)=P(c1ccccc1)(c1ccccc1)c1ccccc1. The summed E-state index contributed by atoms with van der Waals surface area (Å²) in [7, 11) is 0. The number of nitriles is 1. The van der Waals surface area contributed by atoms with Gasteiger partial charge >= 0.3 is 0 Å². The Morgan fingerprint density at radius 3 is 1.88 bits per heavy atom. The van der Waals surface area contributed by atoms with Crippen molar-refractivity contribution in [1.82, 2.24) is 4.98 Å². The van der Waals surface area contributed by atoms with Gasteiger partial charge in [0.05, 0.1) is 21.2 Å². The third-order valence-electron chi connectivity index (χ3n) is 6.64. The highest BCUT2D eigenvalue weighted by Gasteiger charge is 2.34. The predicted molar refractivity (Wildman–Crippen MR) is 163 cm³/mol. The smallest absolute Gasteiger partial charge is 0.279 e. The van der Waals surface area contributed by atoms with Gasteiger partial charge in [-0.25, -0.2) is 9.98 Å². The summed E-state index contributed by atoms with van der Waals surface area (Å²) >= 11 is 13.6. The van der Waals surface area contributed by atoms with Crippen LogP contribution in [0.4, 0.5) is 0 Å². The van der Waals surface area contributed by atoms with E-state index in [4.69, 9.17) is 23.2 Å². The summed E-state index contributed by atoms with van der Waals surface area (Å²) in [6, 6.07) is 35.2. The van der Waals surface area contributed by atoms with Gasteiger partial charge in [-0.15, -0.1) is 11.3 Å². The molecule has 0 bridgehead atoms. The monoisotopic (exact) mass is 597 g/mol. The minimum Gasteiger partial charge on any atom is -0.492 e. The van der Waals surface area contributed by atoms with Crippen LogP contribution in [-0.4, -0.2) is 21.3 Å². The minimum absolute atomic E-state index is 0.154. The number of rotatable bonds is 5. The fourth-order valence-corrected chi connectivity index (χ4v) is 11.0. The van der Waals surface area contributed by atoms with E-state index in [2.05, 4.69) is 16.0 Å². The van der Waals surface area contributed by atoms with Gasteiger partial charge in [0, 0.05) is 10.2 Å². The van der Waals surface area contributed by atoms with Crippen molar-refractivity contribution in [2.45, 2.75) is 0 Å². The number of halogens is 2. The van der Waals surface area contributed by atoms with Crippen molar-refractivity contribution in [3.63, 3.8) is 0 Å². The highest BCUT2D eigenvalue weighted by atomic mass is 35.5. The zero-order chi connectivity index (χ0) is 27.9. The lowest BCUT2D eigenvalue weighted by Crippen LogP contribution is -2.30. The summed E-state index contributed by atoms with van der Waals surface area (Å²) in [5.74, 6) is -0.916. The lowest BCUT2D eigenvalue weighted by Gasteiger charge is -2.29. The van der Waals surface area contributed by atoms with Crippen molar-refractivity contribution in [1.29, 1.82) is 5.26 Å². The van der Waals surface area contributed by atoms with Crippen LogP contribution in [-0.2, 0) is 4.79 Å². The van der Waals surface area contributed by atoms with Crippen LogP contribution < -0.4 is 26.5 Å². The molecular formula is C31H18Cl2N3O2PS. The van der Waals surface area contributed by atoms with Gasteiger partial charge < -0.3 is 5.11 Å². The summed E-state index contributed by atoms with van der Waals surface area (Å²) in [6.45, 7) is -2.79. The molecule has 0 aliphatic carbocycles. The Morgan fingerprint density at radius 2 is 1.38 bits per heavy atom. The number of benzene rings is 4. The predicted octanol–water partition coefficient (Wildman–Crippen LogP) is 4.55. The first-order valence-corrected chi connectivity index (χ1v) is 15.5. The second-order valence-electron chi connectivity index (χ2n) is 8.89. The van der Waals surface area contributed by atoms with Crippen molar-refractivity contribution < 1.29 is 9.90 Å². The normalized spacial score (nSPS) is 12.5. The Hall–Kier alpha value is -3.98. The summed E-state index contributed by atoms with van der Waals surface area (Å²) in [5, 5.41) is 26.9. The van der Waals surface area contributed by atoms with Crippen LogP contribution in [0.15, 0.2) is 108 Å². The van der Waals surface area contributed by atoms with Crippen molar-refractivity contribution in [2.24, 2.45) is 4.99 Å². The second-order valence-corrected chi connectivity index (χ2v) is 14.1. The third kappa shape index (κ3) is 4.20. The maximum atomic E-state index is 13.1. The standard InChI is InChI=1S/C31H18Cl2N3O2PS/c32-19-16-23-26(29(37)35-27(23)24(33)17-19)28-30(38)36-31(40-28)25(18-34)39(20-10-4-1-5-11-20,21-12-6-2-7-13-21)22-14-8-3-9-15-22/h1-17,38H. The van der Waals surface area contributed by atoms with Gasteiger partial charge in [0.25, 0.3) is 5.91 Å². The van der Waals surface area contributed by atoms with Gasteiger partial charge in [-0.2, -0.15) is 5.26 Å². The molecule has 5 nitrogen and oxygen atoms in total. The first kappa shape index (κ1) is 26.3. The van der Waals surface area contributed by atoms with E-state index in [-0.39, 0.29) is 21.4 Å². The van der Waals surface area contributed by atoms with Crippen LogP contribution in [0.5, 0.6) is 5.88 Å². The van der Waals surface area contributed by atoms with Gasteiger partial charge in [0.1, 0.15) is 16.0 Å². The number of aromatic nitrogens is 1. The van der Waals surface area contributed by atoms with E-state index >= 15 is 0 Å². The molecule has 1 amide bonds. The van der Waals surface area contributed by atoms with E-state index < -0.39 is 12.8 Å². The Kier molecular flexibility index (Phi) is 6.92. The van der Waals surface area contributed by atoms with Crippen LogP contribution in [0.2, 0.25) is 10.0 Å². The van der Waals surface area contributed by atoms with E-state index in [1.807, 2.05) is 91.0 Å². The molecular weight excluding hydrogens is 580 g/mol. The molecule has 194 valence electrons. The van der Waals surface area contributed by atoms with Crippen LogP contribution in [0, 0.1) is 11.3 Å². The van der Waals surface area contributed by atoms with Crippen LogP contribution >= 0.6 is 41.4 Å². The third-order valence-corrected chi connectivity index (χ3v) is 12.6. The van der Waals surface area contributed by atoms with Crippen molar-refractivity contribution in [2.75, 3.05) is 0 Å². The molecule has 0 spiro atoms. The van der Waals surface area contributed by atoms with Crippen LogP contribution in [0.1, 0.15) is 9.88 Å². The Bertz CT molecular complexity index is 1920. The number of fused-ring (bicyclic) bond motifs is 1. The van der Waals surface area contributed by atoms with Gasteiger partial charge in [-0.05, 0) is 34.9 Å². The number of hydrogen-bond donors (Lipinski definition) is 1.